The minimum absolute atomic E-state index is 0.102. The smallest absolute Gasteiger partial charge is 0.128 e. The van der Waals surface area contributed by atoms with Crippen LogP contribution >= 0.6 is 0 Å². The Bertz CT molecular complexity index is 465. The molecule has 0 aliphatic heterocycles. The summed E-state index contributed by atoms with van der Waals surface area (Å²) < 4.78 is 15.0. The van der Waals surface area contributed by atoms with Crippen molar-refractivity contribution < 1.29 is 9.18 Å². The van der Waals surface area contributed by atoms with Crippen molar-refractivity contribution in [2.75, 3.05) is 0 Å². The van der Waals surface area contributed by atoms with E-state index in [9.17, 15) is 9.18 Å². The molecule has 1 aromatic heterocycles. The van der Waals surface area contributed by atoms with Crippen LogP contribution in [0, 0.1) is 5.82 Å². The predicted molar refractivity (Wildman–Crippen MR) is 53.3 cm³/mol. The van der Waals surface area contributed by atoms with Gasteiger partial charge in [0.1, 0.15) is 12.1 Å². The number of halogens is 1. The van der Waals surface area contributed by atoms with Crippen LogP contribution < -0.4 is 0 Å². The molecule has 0 radical (unpaired) electrons. The molecule has 0 amide bonds. The van der Waals surface area contributed by atoms with Crippen LogP contribution in [0.1, 0.15) is 5.56 Å². The molecule has 0 unspecified atom stereocenters. The van der Waals surface area contributed by atoms with Gasteiger partial charge in [-0.1, -0.05) is 6.07 Å². The molecule has 0 aliphatic rings. The number of rotatable bonds is 3. The first-order valence-electron chi connectivity index (χ1n) is 4.53. The van der Waals surface area contributed by atoms with Gasteiger partial charge < -0.3 is 4.79 Å². The number of aromatic nitrogens is 2. The molecule has 2 aromatic rings. The van der Waals surface area contributed by atoms with Gasteiger partial charge in [-0.25, -0.2) is 9.07 Å². The molecule has 15 heavy (non-hydrogen) atoms. The predicted octanol–water partition coefficient (Wildman–Crippen LogP) is 1.75. The number of nitrogens with zero attached hydrogens (tertiary/aromatic N) is 2. The Hall–Kier alpha value is -1.97. The van der Waals surface area contributed by atoms with E-state index in [2.05, 4.69) is 5.10 Å². The van der Waals surface area contributed by atoms with E-state index in [0.717, 1.165) is 0 Å². The maximum Gasteiger partial charge on any atom is 0.128 e. The molecule has 0 fully saturated rings. The molecule has 1 heterocycles. The van der Waals surface area contributed by atoms with Crippen LogP contribution in [0.25, 0.3) is 5.69 Å². The number of hydrogen-bond acceptors (Lipinski definition) is 2. The average Bonchev–Trinajstić information content (AvgIpc) is 2.74. The number of benzene rings is 1. The molecule has 0 N–H and O–H groups in total. The minimum atomic E-state index is -0.380. The van der Waals surface area contributed by atoms with Crippen LogP contribution in [-0.4, -0.2) is 16.1 Å². The van der Waals surface area contributed by atoms with Crippen molar-refractivity contribution in [2.24, 2.45) is 0 Å². The van der Waals surface area contributed by atoms with Crippen LogP contribution in [0.15, 0.2) is 36.7 Å². The summed E-state index contributed by atoms with van der Waals surface area (Å²) in [5, 5.41) is 3.98. The molecule has 3 nitrogen and oxygen atoms in total. The third-order valence-corrected chi connectivity index (χ3v) is 2.11. The largest absolute Gasteiger partial charge is 0.303 e. The van der Waals surface area contributed by atoms with Gasteiger partial charge in [0, 0.05) is 18.8 Å². The third-order valence-electron chi connectivity index (χ3n) is 2.11. The zero-order valence-electron chi connectivity index (χ0n) is 7.93. The van der Waals surface area contributed by atoms with E-state index in [0.29, 0.717) is 17.5 Å². The van der Waals surface area contributed by atoms with Crippen LogP contribution in [-0.2, 0) is 11.2 Å². The monoisotopic (exact) mass is 204 g/mol. The van der Waals surface area contributed by atoms with Crippen molar-refractivity contribution in [2.45, 2.75) is 6.42 Å². The van der Waals surface area contributed by atoms with E-state index in [4.69, 9.17) is 0 Å². The first-order chi connectivity index (χ1) is 7.31. The SMILES string of the molecule is O=CCc1ccc(-n2cccn2)cc1F. The summed E-state index contributed by atoms with van der Waals surface area (Å²) in [4.78, 5) is 10.3. The van der Waals surface area contributed by atoms with Gasteiger partial charge in [0.2, 0.25) is 0 Å². The fourth-order valence-corrected chi connectivity index (χ4v) is 1.36. The molecular formula is C11H9FN2O. The number of carbonyl (C=O) groups is 1. The normalized spacial score (nSPS) is 10.2. The maximum absolute atomic E-state index is 13.4. The van der Waals surface area contributed by atoms with Gasteiger partial charge in [-0.15, -0.1) is 0 Å². The Balaban J connectivity index is 2.37. The summed E-state index contributed by atoms with van der Waals surface area (Å²) in [6.07, 6.45) is 4.14. The lowest BCUT2D eigenvalue weighted by Gasteiger charge is -2.03. The summed E-state index contributed by atoms with van der Waals surface area (Å²) in [5.41, 5.74) is 1.05. The Kier molecular flexibility index (Phi) is 2.58. The summed E-state index contributed by atoms with van der Waals surface area (Å²) in [7, 11) is 0. The van der Waals surface area contributed by atoms with Crippen molar-refractivity contribution in [3.05, 3.63) is 48.0 Å². The fraction of sp³-hybridized carbons (Fsp3) is 0.0909. The van der Waals surface area contributed by atoms with Gasteiger partial charge in [0.05, 0.1) is 5.69 Å². The molecule has 1 aromatic carbocycles. The third kappa shape index (κ3) is 1.93. The summed E-state index contributed by atoms with van der Waals surface area (Å²) in [5.74, 6) is -0.380. The molecular weight excluding hydrogens is 195 g/mol. The molecule has 0 saturated carbocycles. The van der Waals surface area contributed by atoms with Crippen molar-refractivity contribution >= 4 is 6.29 Å². The highest BCUT2D eigenvalue weighted by Crippen LogP contribution is 2.13. The summed E-state index contributed by atoms with van der Waals surface area (Å²) in [6, 6.07) is 6.46. The second-order valence-electron chi connectivity index (χ2n) is 3.10. The first kappa shape index (κ1) is 9.58. The molecule has 0 atom stereocenters. The van der Waals surface area contributed by atoms with Gasteiger partial charge in [-0.2, -0.15) is 5.10 Å². The lowest BCUT2D eigenvalue weighted by molar-refractivity contribution is -0.107. The first-order valence-corrected chi connectivity index (χ1v) is 4.53. The quantitative estimate of drug-likeness (QED) is 0.714. The van der Waals surface area contributed by atoms with Crippen LogP contribution in [0.5, 0.6) is 0 Å². The molecule has 4 heteroatoms. The van der Waals surface area contributed by atoms with Crippen LogP contribution in [0.4, 0.5) is 4.39 Å². The van der Waals surface area contributed by atoms with E-state index in [1.54, 1.807) is 35.3 Å². The van der Waals surface area contributed by atoms with E-state index in [1.165, 1.54) is 6.07 Å². The number of aldehydes is 1. The highest BCUT2D eigenvalue weighted by atomic mass is 19.1. The van der Waals surface area contributed by atoms with Gasteiger partial charge in [-0.3, -0.25) is 0 Å². The topological polar surface area (TPSA) is 34.9 Å². The van der Waals surface area contributed by atoms with Gasteiger partial charge in [0.15, 0.2) is 0 Å². The Morgan fingerprint density at radius 2 is 2.33 bits per heavy atom. The number of hydrogen-bond donors (Lipinski definition) is 0. The molecule has 0 bridgehead atoms. The van der Waals surface area contributed by atoms with Crippen molar-refractivity contribution in [3.63, 3.8) is 0 Å². The lowest BCUT2D eigenvalue weighted by atomic mass is 10.1. The Labute approximate surface area is 86.2 Å². The van der Waals surface area contributed by atoms with Crippen LogP contribution in [0.2, 0.25) is 0 Å². The van der Waals surface area contributed by atoms with Crippen molar-refractivity contribution in [3.8, 4) is 5.69 Å². The highest BCUT2D eigenvalue weighted by molar-refractivity contribution is 5.55. The molecule has 2 rings (SSSR count). The zero-order valence-corrected chi connectivity index (χ0v) is 7.93. The summed E-state index contributed by atoms with van der Waals surface area (Å²) >= 11 is 0. The maximum atomic E-state index is 13.4. The molecule has 0 spiro atoms. The average molecular weight is 204 g/mol. The Morgan fingerprint density at radius 3 is 2.93 bits per heavy atom. The second kappa shape index (κ2) is 4.04. The van der Waals surface area contributed by atoms with E-state index < -0.39 is 0 Å². The van der Waals surface area contributed by atoms with E-state index >= 15 is 0 Å². The molecule has 76 valence electrons. The van der Waals surface area contributed by atoms with Gasteiger partial charge >= 0.3 is 0 Å². The lowest BCUT2D eigenvalue weighted by Crippen LogP contribution is -1.98. The fourth-order valence-electron chi connectivity index (χ4n) is 1.36. The Morgan fingerprint density at radius 1 is 1.47 bits per heavy atom. The van der Waals surface area contributed by atoms with E-state index in [-0.39, 0.29) is 12.2 Å². The summed E-state index contributed by atoms with van der Waals surface area (Å²) in [6.45, 7) is 0. The molecule has 0 saturated heterocycles. The standard InChI is InChI=1S/C11H9FN2O/c12-11-8-10(14-6-1-5-13-14)3-2-9(11)4-7-15/h1-3,5-8H,4H2. The van der Waals surface area contributed by atoms with Crippen molar-refractivity contribution in [1.82, 2.24) is 9.78 Å². The highest BCUT2D eigenvalue weighted by Gasteiger charge is 2.04. The number of carbonyl (C=O) groups excluding carboxylic acids is 1. The molecule has 0 aliphatic carbocycles. The van der Waals surface area contributed by atoms with E-state index in [1.807, 2.05) is 0 Å². The second-order valence-corrected chi connectivity index (χ2v) is 3.10. The zero-order chi connectivity index (χ0) is 10.7. The van der Waals surface area contributed by atoms with Gasteiger partial charge in [-0.05, 0) is 23.8 Å². The minimum Gasteiger partial charge on any atom is -0.303 e. The van der Waals surface area contributed by atoms with Crippen molar-refractivity contribution in [1.29, 1.82) is 0 Å². The van der Waals surface area contributed by atoms with Gasteiger partial charge in [0.25, 0.3) is 0 Å². The van der Waals surface area contributed by atoms with Crippen LogP contribution in [0.3, 0.4) is 0 Å².